The summed E-state index contributed by atoms with van der Waals surface area (Å²) in [7, 11) is 0. The largest absolute Gasteiger partial charge is 0.336 e. The minimum Gasteiger partial charge on any atom is -0.336 e. The number of amides is 3. The summed E-state index contributed by atoms with van der Waals surface area (Å²) in [6, 6.07) is -0.386. The lowest BCUT2D eigenvalue weighted by atomic mass is 9.97. The molecule has 0 unspecified atom stereocenters. The molecule has 0 atom stereocenters. The van der Waals surface area contributed by atoms with Crippen molar-refractivity contribution in [2.75, 3.05) is 32.7 Å². The molecule has 1 fully saturated rings. The molecule has 3 N–H and O–H groups in total. The van der Waals surface area contributed by atoms with Gasteiger partial charge in [-0.3, -0.25) is 15.0 Å². The van der Waals surface area contributed by atoms with Crippen LogP contribution in [-0.4, -0.2) is 55.6 Å². The third kappa shape index (κ3) is 6.86. The van der Waals surface area contributed by atoms with Crippen molar-refractivity contribution < 1.29 is 9.59 Å². The van der Waals surface area contributed by atoms with E-state index < -0.39 is 6.03 Å². The van der Waals surface area contributed by atoms with Crippen molar-refractivity contribution >= 4 is 11.9 Å². The Balaban J connectivity index is 2.31. The van der Waals surface area contributed by atoms with E-state index in [1.807, 2.05) is 20.8 Å². The zero-order valence-electron chi connectivity index (χ0n) is 12.9. The van der Waals surface area contributed by atoms with E-state index in [4.69, 9.17) is 0 Å². The van der Waals surface area contributed by atoms with Gasteiger partial charge in [0, 0.05) is 12.6 Å². The van der Waals surface area contributed by atoms with Gasteiger partial charge in [-0.25, -0.2) is 4.79 Å². The number of urea groups is 1. The van der Waals surface area contributed by atoms with Gasteiger partial charge in [0.2, 0.25) is 5.91 Å². The number of hydrogen-bond acceptors (Lipinski definition) is 4. The van der Waals surface area contributed by atoms with E-state index in [1.54, 1.807) is 0 Å². The number of carbonyl (C=O) groups is 2. The van der Waals surface area contributed by atoms with E-state index in [0.717, 1.165) is 39.0 Å². The molecule has 0 aromatic carbocycles. The molecule has 1 aliphatic rings. The van der Waals surface area contributed by atoms with Gasteiger partial charge < -0.3 is 10.6 Å². The van der Waals surface area contributed by atoms with E-state index in [1.165, 1.54) is 0 Å². The standard InChI is InChI=1S/C14H28N4O2/c1-4-18(9-12-5-7-15-8-6-12)10-13(19)17-14(20)16-11(2)3/h11-12,15H,4-10H2,1-3H3,(H2,16,17,19,20). The predicted octanol–water partition coefficient (Wildman–Crippen LogP) is 0.542. The van der Waals surface area contributed by atoms with E-state index in [-0.39, 0.29) is 18.5 Å². The lowest BCUT2D eigenvalue weighted by molar-refractivity contribution is -0.121. The molecule has 1 heterocycles. The van der Waals surface area contributed by atoms with Crippen molar-refractivity contribution in [3.63, 3.8) is 0 Å². The summed E-state index contributed by atoms with van der Waals surface area (Å²) in [6.45, 7) is 9.92. The van der Waals surface area contributed by atoms with Crippen molar-refractivity contribution in [1.29, 1.82) is 0 Å². The average Bonchev–Trinajstić information content (AvgIpc) is 2.37. The van der Waals surface area contributed by atoms with E-state index in [9.17, 15) is 9.59 Å². The SMILES string of the molecule is CCN(CC(=O)NC(=O)NC(C)C)CC1CCNCC1. The van der Waals surface area contributed by atoms with Crippen LogP contribution < -0.4 is 16.0 Å². The fourth-order valence-electron chi connectivity index (χ4n) is 2.40. The molecular weight excluding hydrogens is 256 g/mol. The van der Waals surface area contributed by atoms with Crippen LogP contribution in [0.5, 0.6) is 0 Å². The summed E-state index contributed by atoms with van der Waals surface area (Å²) < 4.78 is 0. The zero-order chi connectivity index (χ0) is 15.0. The molecule has 1 rings (SSSR count). The first-order valence-electron chi connectivity index (χ1n) is 7.54. The first-order chi connectivity index (χ1) is 9.51. The van der Waals surface area contributed by atoms with E-state index >= 15 is 0 Å². The van der Waals surface area contributed by atoms with E-state index in [2.05, 4.69) is 20.9 Å². The fraction of sp³-hybridized carbons (Fsp3) is 0.857. The lowest BCUT2D eigenvalue weighted by Gasteiger charge is -2.28. The number of piperidine rings is 1. The molecule has 1 saturated heterocycles. The predicted molar refractivity (Wildman–Crippen MR) is 79.5 cm³/mol. The van der Waals surface area contributed by atoms with Crippen LogP contribution in [0.3, 0.4) is 0 Å². The van der Waals surface area contributed by atoms with E-state index in [0.29, 0.717) is 5.92 Å². The Morgan fingerprint density at radius 1 is 1.30 bits per heavy atom. The quantitative estimate of drug-likeness (QED) is 0.666. The molecule has 0 saturated carbocycles. The average molecular weight is 284 g/mol. The Morgan fingerprint density at radius 2 is 1.95 bits per heavy atom. The van der Waals surface area contributed by atoms with Crippen LogP contribution in [0.2, 0.25) is 0 Å². The van der Waals surface area contributed by atoms with Crippen molar-refractivity contribution in [2.45, 2.75) is 39.7 Å². The maximum atomic E-state index is 11.8. The molecule has 0 bridgehead atoms. The van der Waals surface area contributed by atoms with Gasteiger partial charge in [-0.2, -0.15) is 0 Å². The van der Waals surface area contributed by atoms with Gasteiger partial charge in [0.05, 0.1) is 6.54 Å². The van der Waals surface area contributed by atoms with Crippen LogP contribution in [0.15, 0.2) is 0 Å². The number of nitrogens with one attached hydrogen (secondary N) is 3. The summed E-state index contributed by atoms with van der Waals surface area (Å²) in [5.41, 5.74) is 0. The normalized spacial score (nSPS) is 16.4. The maximum absolute atomic E-state index is 11.8. The molecule has 0 spiro atoms. The molecule has 0 radical (unpaired) electrons. The molecule has 6 nitrogen and oxygen atoms in total. The van der Waals surface area contributed by atoms with Crippen LogP contribution in [0.4, 0.5) is 4.79 Å². The smallest absolute Gasteiger partial charge is 0.321 e. The summed E-state index contributed by atoms with van der Waals surface area (Å²) in [5.74, 6) is 0.410. The number of nitrogens with zero attached hydrogens (tertiary/aromatic N) is 1. The number of imide groups is 1. The van der Waals surface area contributed by atoms with Crippen LogP contribution in [0, 0.1) is 5.92 Å². The molecule has 0 aromatic heterocycles. The van der Waals surface area contributed by atoms with Gasteiger partial charge in [0.1, 0.15) is 0 Å². The molecule has 1 aliphatic heterocycles. The van der Waals surface area contributed by atoms with Crippen LogP contribution in [0.1, 0.15) is 33.6 Å². The van der Waals surface area contributed by atoms with Gasteiger partial charge in [-0.15, -0.1) is 0 Å². The van der Waals surface area contributed by atoms with Gasteiger partial charge in [-0.05, 0) is 52.2 Å². The van der Waals surface area contributed by atoms with Crippen molar-refractivity contribution in [3.05, 3.63) is 0 Å². The summed E-state index contributed by atoms with van der Waals surface area (Å²) in [5, 5.41) is 8.36. The molecule has 0 aliphatic carbocycles. The van der Waals surface area contributed by atoms with Crippen molar-refractivity contribution in [2.24, 2.45) is 5.92 Å². The monoisotopic (exact) mass is 284 g/mol. The minimum atomic E-state index is -0.414. The number of rotatable bonds is 6. The lowest BCUT2D eigenvalue weighted by Crippen LogP contribution is -2.47. The second kappa shape index (κ2) is 8.92. The second-order valence-electron chi connectivity index (χ2n) is 5.70. The number of likely N-dealkylation sites (N-methyl/N-ethyl adjacent to an activating group) is 1. The minimum absolute atomic E-state index is 0.0276. The third-order valence-corrected chi connectivity index (χ3v) is 3.46. The number of carbonyl (C=O) groups excluding carboxylic acids is 2. The van der Waals surface area contributed by atoms with Crippen molar-refractivity contribution in [1.82, 2.24) is 20.9 Å². The first-order valence-corrected chi connectivity index (χ1v) is 7.54. The van der Waals surface area contributed by atoms with Crippen LogP contribution in [0.25, 0.3) is 0 Å². The molecule has 116 valence electrons. The summed E-state index contributed by atoms with van der Waals surface area (Å²) in [4.78, 5) is 25.4. The Labute approximate surface area is 121 Å². The Bertz CT molecular complexity index is 314. The van der Waals surface area contributed by atoms with Gasteiger partial charge in [-0.1, -0.05) is 6.92 Å². The zero-order valence-corrected chi connectivity index (χ0v) is 12.9. The molecule has 3 amide bonds. The highest BCUT2D eigenvalue weighted by molar-refractivity contribution is 5.95. The maximum Gasteiger partial charge on any atom is 0.321 e. The van der Waals surface area contributed by atoms with Crippen LogP contribution >= 0.6 is 0 Å². The first kappa shape index (κ1) is 16.9. The third-order valence-electron chi connectivity index (χ3n) is 3.46. The van der Waals surface area contributed by atoms with Gasteiger partial charge >= 0.3 is 6.03 Å². The topological polar surface area (TPSA) is 73.5 Å². The van der Waals surface area contributed by atoms with Gasteiger partial charge in [0.15, 0.2) is 0 Å². The second-order valence-corrected chi connectivity index (χ2v) is 5.70. The summed E-state index contributed by atoms with van der Waals surface area (Å²) >= 11 is 0. The number of hydrogen-bond donors (Lipinski definition) is 3. The Hall–Kier alpha value is -1.14. The highest BCUT2D eigenvalue weighted by Crippen LogP contribution is 2.13. The Morgan fingerprint density at radius 3 is 2.50 bits per heavy atom. The Kier molecular flexibility index (Phi) is 7.54. The highest BCUT2D eigenvalue weighted by atomic mass is 16.2. The fourth-order valence-corrected chi connectivity index (χ4v) is 2.40. The highest BCUT2D eigenvalue weighted by Gasteiger charge is 2.18. The van der Waals surface area contributed by atoms with Crippen LogP contribution in [-0.2, 0) is 4.79 Å². The molecular formula is C14H28N4O2. The van der Waals surface area contributed by atoms with Crippen molar-refractivity contribution in [3.8, 4) is 0 Å². The molecule has 0 aromatic rings. The molecule has 6 heteroatoms. The summed E-state index contributed by atoms with van der Waals surface area (Å²) in [6.07, 6.45) is 2.32. The molecule has 20 heavy (non-hydrogen) atoms. The van der Waals surface area contributed by atoms with Gasteiger partial charge in [0.25, 0.3) is 0 Å².